The second-order valence-corrected chi connectivity index (χ2v) is 2.46. The van der Waals surface area contributed by atoms with E-state index in [2.05, 4.69) is 0 Å². The molecule has 0 aliphatic carbocycles. The molecule has 0 aromatic heterocycles. The molecule has 11 heavy (non-hydrogen) atoms. The first-order valence-corrected chi connectivity index (χ1v) is 4.24. The van der Waals surface area contributed by atoms with E-state index in [0.29, 0.717) is 13.0 Å². The average Bonchev–Trinajstić information content (AvgIpc) is 2.03. The summed E-state index contributed by atoms with van der Waals surface area (Å²) in [4.78, 5) is 13.1. The monoisotopic (exact) mass is 158 g/mol. The zero-order valence-electron chi connectivity index (χ0n) is 7.47. The van der Waals surface area contributed by atoms with Crippen LogP contribution < -0.4 is 5.73 Å². The molecule has 0 atom stereocenters. The second kappa shape index (κ2) is 6.16. The fraction of sp³-hybridized carbons (Fsp3) is 0.875. The predicted octanol–water partition coefficient (Wildman–Crippen LogP) is 0.594. The Morgan fingerprint density at radius 3 is 2.27 bits per heavy atom. The van der Waals surface area contributed by atoms with Crippen LogP contribution in [0.3, 0.4) is 0 Å². The Bertz CT molecular complexity index is 111. The van der Waals surface area contributed by atoms with E-state index in [0.717, 1.165) is 19.5 Å². The van der Waals surface area contributed by atoms with E-state index < -0.39 is 0 Å². The van der Waals surface area contributed by atoms with Crippen molar-refractivity contribution < 1.29 is 4.79 Å². The molecule has 0 saturated heterocycles. The minimum absolute atomic E-state index is 0.223. The van der Waals surface area contributed by atoms with Crippen molar-refractivity contribution >= 4 is 5.91 Å². The molecule has 0 aliphatic rings. The number of rotatable bonds is 5. The van der Waals surface area contributed by atoms with Gasteiger partial charge in [-0.15, -0.1) is 0 Å². The van der Waals surface area contributed by atoms with Crippen LogP contribution in [-0.4, -0.2) is 30.4 Å². The average molecular weight is 158 g/mol. The molecule has 1 amide bonds. The summed E-state index contributed by atoms with van der Waals surface area (Å²) >= 11 is 0. The molecule has 0 rings (SSSR count). The molecule has 3 heteroatoms. The van der Waals surface area contributed by atoms with Gasteiger partial charge in [-0.3, -0.25) is 4.79 Å². The summed E-state index contributed by atoms with van der Waals surface area (Å²) in [5, 5.41) is 0. The summed E-state index contributed by atoms with van der Waals surface area (Å²) in [7, 11) is 0. The van der Waals surface area contributed by atoms with Gasteiger partial charge < -0.3 is 10.6 Å². The minimum Gasteiger partial charge on any atom is -0.343 e. The van der Waals surface area contributed by atoms with Crippen LogP contribution in [0.1, 0.15) is 26.7 Å². The smallest absolute Gasteiger partial charge is 0.222 e. The first-order valence-electron chi connectivity index (χ1n) is 4.24. The molecule has 0 aromatic rings. The summed E-state index contributed by atoms with van der Waals surface area (Å²) < 4.78 is 0. The maximum absolute atomic E-state index is 11.2. The van der Waals surface area contributed by atoms with E-state index in [4.69, 9.17) is 5.73 Å². The molecule has 0 saturated carbocycles. The lowest BCUT2D eigenvalue weighted by Gasteiger charge is -2.17. The lowest BCUT2D eigenvalue weighted by atomic mass is 10.3. The van der Waals surface area contributed by atoms with Crippen molar-refractivity contribution in [1.29, 1.82) is 0 Å². The van der Waals surface area contributed by atoms with Crippen molar-refractivity contribution in [2.24, 2.45) is 5.73 Å². The molecule has 3 nitrogen and oxygen atoms in total. The van der Waals surface area contributed by atoms with Crippen molar-refractivity contribution in [3.8, 4) is 0 Å². The number of hydrogen-bond donors (Lipinski definition) is 1. The van der Waals surface area contributed by atoms with E-state index in [9.17, 15) is 4.79 Å². The minimum atomic E-state index is 0.223. The summed E-state index contributed by atoms with van der Waals surface area (Å²) in [6.45, 7) is 6.19. The summed E-state index contributed by atoms with van der Waals surface area (Å²) in [5.41, 5.74) is 5.29. The van der Waals surface area contributed by atoms with Gasteiger partial charge in [0, 0.05) is 19.5 Å². The number of nitrogens with zero attached hydrogens (tertiary/aromatic N) is 1. The summed E-state index contributed by atoms with van der Waals surface area (Å²) in [6, 6.07) is 0. The van der Waals surface area contributed by atoms with Gasteiger partial charge in [-0.2, -0.15) is 0 Å². The highest BCUT2D eigenvalue weighted by molar-refractivity contribution is 5.76. The lowest BCUT2D eigenvalue weighted by molar-refractivity contribution is -0.130. The molecule has 0 unspecified atom stereocenters. The maximum Gasteiger partial charge on any atom is 0.222 e. The van der Waals surface area contributed by atoms with Crippen LogP contribution in [0.15, 0.2) is 0 Å². The van der Waals surface area contributed by atoms with Crippen LogP contribution >= 0.6 is 0 Å². The van der Waals surface area contributed by atoms with Crippen LogP contribution in [-0.2, 0) is 4.79 Å². The highest BCUT2D eigenvalue weighted by Crippen LogP contribution is 1.95. The van der Waals surface area contributed by atoms with Gasteiger partial charge >= 0.3 is 0 Å². The Labute approximate surface area is 68.6 Å². The van der Waals surface area contributed by atoms with Gasteiger partial charge in [-0.1, -0.05) is 0 Å². The van der Waals surface area contributed by atoms with Crippen LogP contribution in [0, 0.1) is 0 Å². The Morgan fingerprint density at radius 1 is 1.36 bits per heavy atom. The van der Waals surface area contributed by atoms with Crippen LogP contribution in [0.2, 0.25) is 0 Å². The fourth-order valence-electron chi connectivity index (χ4n) is 0.988. The number of carbonyl (C=O) groups is 1. The van der Waals surface area contributed by atoms with Crippen LogP contribution in [0.4, 0.5) is 0 Å². The molecule has 0 radical (unpaired) electrons. The van der Waals surface area contributed by atoms with Gasteiger partial charge in [0.2, 0.25) is 5.91 Å². The standard InChI is InChI=1S/C8H18N2O/c1-3-10(4-2)8(11)6-5-7-9/h3-7,9H2,1-2H3. The molecular formula is C8H18N2O. The third-order valence-electron chi connectivity index (χ3n) is 1.71. The zero-order valence-corrected chi connectivity index (χ0v) is 7.47. The molecular weight excluding hydrogens is 140 g/mol. The number of carbonyl (C=O) groups excluding carboxylic acids is 1. The third-order valence-corrected chi connectivity index (χ3v) is 1.71. The Morgan fingerprint density at radius 2 is 1.91 bits per heavy atom. The van der Waals surface area contributed by atoms with Crippen molar-refractivity contribution in [2.75, 3.05) is 19.6 Å². The summed E-state index contributed by atoms with van der Waals surface area (Å²) in [6.07, 6.45) is 1.40. The maximum atomic E-state index is 11.2. The number of hydrogen-bond acceptors (Lipinski definition) is 2. The molecule has 0 heterocycles. The number of nitrogens with two attached hydrogens (primary N) is 1. The quantitative estimate of drug-likeness (QED) is 0.636. The SMILES string of the molecule is CCN(CC)C(=O)CCCN. The first kappa shape index (κ1) is 10.4. The first-order chi connectivity index (χ1) is 5.26. The molecule has 0 aromatic carbocycles. The van der Waals surface area contributed by atoms with E-state index in [1.807, 2.05) is 18.7 Å². The van der Waals surface area contributed by atoms with Gasteiger partial charge in [0.1, 0.15) is 0 Å². The van der Waals surface area contributed by atoms with Crippen molar-refractivity contribution in [3.05, 3.63) is 0 Å². The Hall–Kier alpha value is -0.570. The molecule has 2 N–H and O–H groups in total. The van der Waals surface area contributed by atoms with Gasteiger partial charge in [0.05, 0.1) is 0 Å². The van der Waals surface area contributed by atoms with Crippen LogP contribution in [0.25, 0.3) is 0 Å². The predicted molar refractivity (Wildman–Crippen MR) is 46.2 cm³/mol. The number of amides is 1. The topological polar surface area (TPSA) is 46.3 Å². The van der Waals surface area contributed by atoms with E-state index >= 15 is 0 Å². The van der Waals surface area contributed by atoms with E-state index in [-0.39, 0.29) is 5.91 Å². The van der Waals surface area contributed by atoms with Crippen molar-refractivity contribution in [2.45, 2.75) is 26.7 Å². The second-order valence-electron chi connectivity index (χ2n) is 2.46. The van der Waals surface area contributed by atoms with Gasteiger partial charge in [-0.05, 0) is 26.8 Å². The lowest BCUT2D eigenvalue weighted by Crippen LogP contribution is -2.30. The molecule has 0 fully saturated rings. The van der Waals surface area contributed by atoms with Crippen molar-refractivity contribution in [3.63, 3.8) is 0 Å². The third kappa shape index (κ3) is 3.98. The molecule has 0 aliphatic heterocycles. The molecule has 0 bridgehead atoms. The van der Waals surface area contributed by atoms with Gasteiger partial charge in [-0.25, -0.2) is 0 Å². The van der Waals surface area contributed by atoms with Gasteiger partial charge in [0.25, 0.3) is 0 Å². The summed E-state index contributed by atoms with van der Waals surface area (Å²) in [5.74, 6) is 0.223. The Balaban J connectivity index is 3.61. The van der Waals surface area contributed by atoms with Gasteiger partial charge in [0.15, 0.2) is 0 Å². The Kier molecular flexibility index (Phi) is 5.84. The van der Waals surface area contributed by atoms with Crippen LogP contribution in [0.5, 0.6) is 0 Å². The van der Waals surface area contributed by atoms with E-state index in [1.54, 1.807) is 0 Å². The molecule has 0 spiro atoms. The normalized spacial score (nSPS) is 9.73. The molecule has 66 valence electrons. The largest absolute Gasteiger partial charge is 0.343 e. The highest BCUT2D eigenvalue weighted by Gasteiger charge is 2.07. The zero-order chi connectivity index (χ0) is 8.69. The van der Waals surface area contributed by atoms with E-state index in [1.165, 1.54) is 0 Å². The van der Waals surface area contributed by atoms with Crippen molar-refractivity contribution in [1.82, 2.24) is 4.90 Å². The fourth-order valence-corrected chi connectivity index (χ4v) is 0.988. The highest BCUT2D eigenvalue weighted by atomic mass is 16.2.